The summed E-state index contributed by atoms with van der Waals surface area (Å²) in [5.41, 5.74) is 2.17. The molecule has 1 atom stereocenters. The van der Waals surface area contributed by atoms with Crippen molar-refractivity contribution in [1.29, 1.82) is 0 Å². The third-order valence-corrected chi connectivity index (χ3v) is 5.10. The van der Waals surface area contributed by atoms with E-state index < -0.39 is 5.92 Å². The molecular weight excluding hydrogens is 356 g/mol. The molecule has 1 saturated heterocycles. The first-order valence-corrected chi connectivity index (χ1v) is 8.67. The summed E-state index contributed by atoms with van der Waals surface area (Å²) in [7, 11) is 0. The molecule has 4 rings (SSSR count). The highest BCUT2D eigenvalue weighted by atomic mass is 35.5. The molecule has 2 aliphatic heterocycles. The van der Waals surface area contributed by atoms with Crippen LogP contribution in [-0.2, 0) is 9.59 Å². The molecule has 0 saturated carbocycles. The van der Waals surface area contributed by atoms with Gasteiger partial charge in [0.05, 0.1) is 5.92 Å². The topological polar surface area (TPSA) is 67.9 Å². The van der Waals surface area contributed by atoms with E-state index in [1.165, 1.54) is 0 Å². The van der Waals surface area contributed by atoms with Crippen molar-refractivity contribution >= 4 is 34.8 Å². The number of amides is 2. The normalized spacial score (nSPS) is 18.3. The van der Waals surface area contributed by atoms with Crippen LogP contribution in [-0.4, -0.2) is 25.2 Å². The van der Waals surface area contributed by atoms with Crippen molar-refractivity contribution in [2.24, 2.45) is 5.92 Å². The zero-order valence-corrected chi connectivity index (χ0v) is 14.9. The number of ether oxygens (including phenoxy) is 2. The Balaban J connectivity index is 1.49. The number of carbonyl (C=O) groups is 2. The van der Waals surface area contributed by atoms with Gasteiger partial charge in [0.2, 0.25) is 18.6 Å². The van der Waals surface area contributed by atoms with E-state index >= 15 is 0 Å². The average Bonchev–Trinajstić information content (AvgIpc) is 3.24. The summed E-state index contributed by atoms with van der Waals surface area (Å²) in [6, 6.07) is 10.7. The fraction of sp³-hybridized carbons (Fsp3) is 0.263. The highest BCUT2D eigenvalue weighted by Crippen LogP contribution is 2.37. The summed E-state index contributed by atoms with van der Waals surface area (Å²) in [5.74, 6) is 0.564. The number of hydrogen-bond donors (Lipinski definition) is 1. The van der Waals surface area contributed by atoms with Gasteiger partial charge < -0.3 is 19.7 Å². The number of benzene rings is 2. The minimum Gasteiger partial charge on any atom is -0.454 e. The van der Waals surface area contributed by atoms with Crippen molar-refractivity contribution in [2.75, 3.05) is 23.6 Å². The largest absolute Gasteiger partial charge is 0.454 e. The van der Waals surface area contributed by atoms with Crippen molar-refractivity contribution in [2.45, 2.75) is 13.3 Å². The van der Waals surface area contributed by atoms with Gasteiger partial charge in [-0.15, -0.1) is 0 Å². The molecule has 0 aliphatic carbocycles. The molecule has 6 nitrogen and oxygen atoms in total. The number of fused-ring (bicyclic) bond motifs is 1. The molecule has 7 heteroatoms. The van der Waals surface area contributed by atoms with Gasteiger partial charge in [-0.1, -0.05) is 17.7 Å². The van der Waals surface area contributed by atoms with E-state index in [9.17, 15) is 9.59 Å². The van der Waals surface area contributed by atoms with Gasteiger partial charge in [0.25, 0.3) is 0 Å². The molecule has 0 spiro atoms. The number of nitrogens with one attached hydrogen (secondary N) is 1. The molecule has 2 heterocycles. The molecule has 0 aromatic heterocycles. The zero-order chi connectivity index (χ0) is 18.3. The molecule has 2 aromatic carbocycles. The molecule has 134 valence electrons. The van der Waals surface area contributed by atoms with Crippen LogP contribution in [0, 0.1) is 12.8 Å². The predicted molar refractivity (Wildman–Crippen MR) is 97.8 cm³/mol. The lowest BCUT2D eigenvalue weighted by molar-refractivity contribution is -0.122. The predicted octanol–water partition coefficient (Wildman–Crippen LogP) is 3.37. The van der Waals surface area contributed by atoms with E-state index in [1.807, 2.05) is 6.92 Å². The lowest BCUT2D eigenvalue weighted by Crippen LogP contribution is -2.28. The summed E-state index contributed by atoms with van der Waals surface area (Å²) in [6.07, 6.45) is 0.167. The lowest BCUT2D eigenvalue weighted by Gasteiger charge is -2.17. The number of rotatable bonds is 3. The molecule has 0 radical (unpaired) electrons. The number of carbonyl (C=O) groups excluding carboxylic acids is 2. The van der Waals surface area contributed by atoms with Crippen LogP contribution in [0.1, 0.15) is 12.0 Å². The molecular formula is C19H17ClN2O4. The van der Waals surface area contributed by atoms with Gasteiger partial charge in [-0.05, 0) is 36.8 Å². The molecule has 26 heavy (non-hydrogen) atoms. The second kappa shape index (κ2) is 6.53. The van der Waals surface area contributed by atoms with E-state index in [2.05, 4.69) is 5.32 Å². The SMILES string of the molecule is Cc1c(Cl)cccc1NC(=O)C1CC(=O)N(c2ccc3c(c2)OCO3)C1. The molecule has 0 bridgehead atoms. The molecule has 1 unspecified atom stereocenters. The van der Waals surface area contributed by atoms with Crippen LogP contribution in [0.15, 0.2) is 36.4 Å². The van der Waals surface area contributed by atoms with Crippen LogP contribution in [0.2, 0.25) is 5.02 Å². The van der Waals surface area contributed by atoms with Crippen LogP contribution in [0.5, 0.6) is 11.5 Å². The maximum absolute atomic E-state index is 12.6. The Bertz CT molecular complexity index is 899. The van der Waals surface area contributed by atoms with Crippen LogP contribution in [0.25, 0.3) is 0 Å². The lowest BCUT2D eigenvalue weighted by atomic mass is 10.1. The van der Waals surface area contributed by atoms with E-state index in [-0.39, 0.29) is 25.0 Å². The first-order chi connectivity index (χ1) is 12.5. The van der Waals surface area contributed by atoms with Gasteiger partial charge in [0, 0.05) is 35.4 Å². The van der Waals surface area contributed by atoms with Gasteiger partial charge in [-0.2, -0.15) is 0 Å². The smallest absolute Gasteiger partial charge is 0.231 e. The summed E-state index contributed by atoms with van der Waals surface area (Å²) >= 11 is 6.09. The van der Waals surface area contributed by atoms with Crippen LogP contribution in [0.3, 0.4) is 0 Å². The van der Waals surface area contributed by atoms with Crippen molar-refractivity contribution in [1.82, 2.24) is 0 Å². The van der Waals surface area contributed by atoms with Crippen LogP contribution < -0.4 is 19.7 Å². The fourth-order valence-corrected chi connectivity index (χ4v) is 3.34. The number of nitrogens with zero attached hydrogens (tertiary/aromatic N) is 1. The van der Waals surface area contributed by atoms with E-state index in [0.717, 1.165) is 5.56 Å². The molecule has 1 fully saturated rings. The summed E-state index contributed by atoms with van der Waals surface area (Å²) in [5, 5.41) is 3.47. The number of hydrogen-bond acceptors (Lipinski definition) is 4. The molecule has 2 amide bonds. The Morgan fingerprint density at radius 2 is 2.04 bits per heavy atom. The zero-order valence-electron chi connectivity index (χ0n) is 14.1. The maximum Gasteiger partial charge on any atom is 0.231 e. The summed E-state index contributed by atoms with van der Waals surface area (Å²) < 4.78 is 10.6. The van der Waals surface area contributed by atoms with E-state index in [0.29, 0.717) is 34.4 Å². The Hall–Kier alpha value is -2.73. The van der Waals surface area contributed by atoms with Gasteiger partial charge in [0.15, 0.2) is 11.5 Å². The van der Waals surface area contributed by atoms with Gasteiger partial charge >= 0.3 is 0 Å². The second-order valence-electron chi connectivity index (χ2n) is 6.34. The fourth-order valence-electron chi connectivity index (χ4n) is 3.16. The standard InChI is InChI=1S/C19H17ClN2O4/c1-11-14(20)3-2-4-15(11)21-19(24)12-7-18(23)22(9-12)13-5-6-16-17(8-13)26-10-25-16/h2-6,8,12H,7,9-10H2,1H3,(H,21,24). The van der Waals surface area contributed by atoms with Gasteiger partial charge in [0.1, 0.15) is 0 Å². The highest BCUT2D eigenvalue weighted by Gasteiger charge is 2.35. The summed E-state index contributed by atoms with van der Waals surface area (Å²) in [4.78, 5) is 26.6. The highest BCUT2D eigenvalue weighted by molar-refractivity contribution is 6.31. The summed E-state index contributed by atoms with van der Waals surface area (Å²) in [6.45, 7) is 2.34. The van der Waals surface area contributed by atoms with Crippen molar-refractivity contribution in [3.8, 4) is 11.5 Å². The van der Waals surface area contributed by atoms with Gasteiger partial charge in [-0.25, -0.2) is 0 Å². The first-order valence-electron chi connectivity index (χ1n) is 8.29. The second-order valence-corrected chi connectivity index (χ2v) is 6.75. The Kier molecular flexibility index (Phi) is 4.20. The van der Waals surface area contributed by atoms with E-state index in [1.54, 1.807) is 41.3 Å². The average molecular weight is 373 g/mol. The number of halogens is 1. The van der Waals surface area contributed by atoms with Crippen LogP contribution >= 0.6 is 11.6 Å². The quantitative estimate of drug-likeness (QED) is 0.897. The third-order valence-electron chi connectivity index (χ3n) is 4.69. The Morgan fingerprint density at radius 3 is 2.88 bits per heavy atom. The van der Waals surface area contributed by atoms with Crippen molar-refractivity contribution in [3.05, 3.63) is 47.0 Å². The van der Waals surface area contributed by atoms with E-state index in [4.69, 9.17) is 21.1 Å². The minimum atomic E-state index is -0.425. The van der Waals surface area contributed by atoms with Crippen molar-refractivity contribution in [3.63, 3.8) is 0 Å². The minimum absolute atomic E-state index is 0.0909. The first kappa shape index (κ1) is 16.7. The Labute approximate surface area is 155 Å². The monoisotopic (exact) mass is 372 g/mol. The van der Waals surface area contributed by atoms with Crippen LogP contribution in [0.4, 0.5) is 11.4 Å². The Morgan fingerprint density at radius 1 is 1.23 bits per heavy atom. The molecule has 2 aliphatic rings. The van der Waals surface area contributed by atoms with Crippen molar-refractivity contribution < 1.29 is 19.1 Å². The third kappa shape index (κ3) is 2.97. The molecule has 1 N–H and O–H groups in total. The maximum atomic E-state index is 12.6. The number of anilines is 2. The van der Waals surface area contributed by atoms with Gasteiger partial charge in [-0.3, -0.25) is 9.59 Å². The molecule has 2 aromatic rings.